The molecule has 2 heterocycles. The number of nitrogens with one attached hydrogen (secondary N) is 2. The van der Waals surface area contributed by atoms with E-state index in [-0.39, 0.29) is 24.0 Å². The quantitative estimate of drug-likeness (QED) is 0.241. The molecule has 182 valence electrons. The molecule has 1 aliphatic rings. The highest BCUT2D eigenvalue weighted by Gasteiger charge is 2.14. The van der Waals surface area contributed by atoms with Crippen molar-refractivity contribution in [1.82, 2.24) is 25.1 Å². The van der Waals surface area contributed by atoms with Gasteiger partial charge in [-0.3, -0.25) is 4.90 Å². The Morgan fingerprint density at radius 1 is 1.09 bits per heavy atom. The number of rotatable bonds is 8. The predicted octanol–water partition coefficient (Wildman–Crippen LogP) is 4.12. The molecule has 8 heteroatoms. The van der Waals surface area contributed by atoms with E-state index < -0.39 is 0 Å². The molecule has 0 amide bonds. The summed E-state index contributed by atoms with van der Waals surface area (Å²) in [6.45, 7) is 8.73. The van der Waals surface area contributed by atoms with Gasteiger partial charge in [-0.15, -0.1) is 24.0 Å². The average Bonchev–Trinajstić information content (AvgIpc) is 3.32. The second kappa shape index (κ2) is 13.5. The van der Waals surface area contributed by atoms with E-state index in [1.54, 1.807) is 0 Å². The van der Waals surface area contributed by atoms with Gasteiger partial charge in [-0.25, -0.2) is 9.98 Å². The number of imidazole rings is 1. The molecule has 1 aromatic heterocycles. The maximum atomic E-state index is 5.49. The number of benzene rings is 2. The summed E-state index contributed by atoms with van der Waals surface area (Å²) in [5.41, 5.74) is 4.76. The van der Waals surface area contributed by atoms with Gasteiger partial charge in [0, 0.05) is 33.2 Å². The van der Waals surface area contributed by atoms with Crippen LogP contribution in [0.4, 0.5) is 0 Å². The molecule has 34 heavy (non-hydrogen) atoms. The van der Waals surface area contributed by atoms with Gasteiger partial charge < -0.3 is 19.9 Å². The Morgan fingerprint density at radius 3 is 2.53 bits per heavy atom. The highest BCUT2D eigenvalue weighted by Crippen LogP contribution is 2.17. The van der Waals surface area contributed by atoms with Crippen molar-refractivity contribution in [2.45, 2.75) is 26.6 Å². The molecule has 0 bridgehead atoms. The molecule has 0 spiro atoms. The smallest absolute Gasteiger partial charge is 0.194 e. The van der Waals surface area contributed by atoms with E-state index in [4.69, 9.17) is 9.73 Å². The summed E-state index contributed by atoms with van der Waals surface area (Å²) in [6, 6.07) is 18.9. The first kappa shape index (κ1) is 26.2. The van der Waals surface area contributed by atoms with E-state index in [2.05, 4.69) is 68.4 Å². The van der Waals surface area contributed by atoms with Crippen LogP contribution in [0.2, 0.25) is 0 Å². The SMILES string of the molecule is CCNC(=NCc1ccccc1CN1CCOCC1)N(C)Cc1ncc(-c2ccccc2)[nH]1.I. The molecule has 2 N–H and O–H groups in total. The Morgan fingerprint density at radius 2 is 1.79 bits per heavy atom. The number of halogens is 1. The highest BCUT2D eigenvalue weighted by atomic mass is 127. The lowest BCUT2D eigenvalue weighted by atomic mass is 10.1. The van der Waals surface area contributed by atoms with Crippen LogP contribution in [0.3, 0.4) is 0 Å². The number of aromatic amines is 1. The van der Waals surface area contributed by atoms with E-state index in [9.17, 15) is 0 Å². The van der Waals surface area contributed by atoms with E-state index in [0.717, 1.165) is 62.4 Å². The monoisotopic (exact) mass is 574 g/mol. The third-order valence-corrected chi connectivity index (χ3v) is 5.81. The molecular formula is C26H35IN6O. The third-order valence-electron chi connectivity index (χ3n) is 5.81. The zero-order chi connectivity index (χ0) is 22.9. The van der Waals surface area contributed by atoms with Crippen molar-refractivity contribution in [2.24, 2.45) is 4.99 Å². The third kappa shape index (κ3) is 7.28. The molecule has 0 atom stereocenters. The molecule has 0 unspecified atom stereocenters. The predicted molar refractivity (Wildman–Crippen MR) is 148 cm³/mol. The lowest BCUT2D eigenvalue weighted by molar-refractivity contribution is 0.0341. The number of morpholine rings is 1. The average molecular weight is 575 g/mol. The maximum absolute atomic E-state index is 5.49. The Labute approximate surface area is 219 Å². The van der Waals surface area contributed by atoms with Crippen molar-refractivity contribution in [3.8, 4) is 11.3 Å². The van der Waals surface area contributed by atoms with Crippen molar-refractivity contribution in [3.63, 3.8) is 0 Å². The van der Waals surface area contributed by atoms with Crippen molar-refractivity contribution in [1.29, 1.82) is 0 Å². The van der Waals surface area contributed by atoms with Gasteiger partial charge in [0.15, 0.2) is 5.96 Å². The Hall–Kier alpha value is -2.43. The van der Waals surface area contributed by atoms with E-state index in [1.165, 1.54) is 11.1 Å². The topological polar surface area (TPSA) is 68.8 Å². The molecule has 7 nitrogen and oxygen atoms in total. The fraction of sp³-hybridized carbons (Fsp3) is 0.385. The Balaban J connectivity index is 0.00000324. The normalized spacial score (nSPS) is 14.5. The minimum atomic E-state index is 0. The largest absolute Gasteiger partial charge is 0.379 e. The van der Waals surface area contributed by atoms with Gasteiger partial charge in [0.1, 0.15) is 5.82 Å². The van der Waals surface area contributed by atoms with Crippen molar-refractivity contribution < 1.29 is 4.74 Å². The van der Waals surface area contributed by atoms with Gasteiger partial charge >= 0.3 is 0 Å². The second-order valence-electron chi connectivity index (χ2n) is 8.29. The highest BCUT2D eigenvalue weighted by molar-refractivity contribution is 14.0. The summed E-state index contributed by atoms with van der Waals surface area (Å²) in [5.74, 6) is 1.78. The lowest BCUT2D eigenvalue weighted by Crippen LogP contribution is -2.38. The van der Waals surface area contributed by atoms with Crippen LogP contribution in [-0.2, 0) is 24.4 Å². The number of ether oxygens (including phenoxy) is 1. The molecule has 2 aromatic carbocycles. The number of nitrogens with zero attached hydrogens (tertiary/aromatic N) is 4. The number of guanidine groups is 1. The summed E-state index contributed by atoms with van der Waals surface area (Å²) in [6.07, 6.45) is 1.89. The standard InChI is InChI=1S/C26H34N6O.HI/c1-3-27-26(31(2)20-25-28-18-24(30-25)21-9-5-4-6-10-21)29-17-22-11-7-8-12-23(22)19-32-13-15-33-16-14-32;/h4-12,18H,3,13-17,19-20H2,1-2H3,(H,27,29)(H,28,30);1H. The van der Waals surface area contributed by atoms with E-state index in [0.29, 0.717) is 13.1 Å². The van der Waals surface area contributed by atoms with Gasteiger partial charge in [0.05, 0.1) is 38.2 Å². The molecule has 0 aliphatic carbocycles. The fourth-order valence-electron chi connectivity index (χ4n) is 4.00. The van der Waals surface area contributed by atoms with Gasteiger partial charge in [-0.05, 0) is 23.6 Å². The summed E-state index contributed by atoms with van der Waals surface area (Å²) in [4.78, 5) is 17.5. The number of aliphatic imine (C=N–C) groups is 1. The minimum absolute atomic E-state index is 0. The second-order valence-corrected chi connectivity index (χ2v) is 8.29. The lowest BCUT2D eigenvalue weighted by Gasteiger charge is -2.27. The molecule has 0 radical (unpaired) electrons. The first-order valence-electron chi connectivity index (χ1n) is 11.7. The van der Waals surface area contributed by atoms with Crippen LogP contribution in [-0.4, -0.2) is 65.6 Å². The van der Waals surface area contributed by atoms with Crippen LogP contribution in [0.5, 0.6) is 0 Å². The molecule has 1 saturated heterocycles. The fourth-order valence-corrected chi connectivity index (χ4v) is 4.00. The summed E-state index contributed by atoms with van der Waals surface area (Å²) in [7, 11) is 2.05. The summed E-state index contributed by atoms with van der Waals surface area (Å²) in [5, 5.41) is 3.42. The van der Waals surface area contributed by atoms with Crippen molar-refractivity contribution in [3.05, 3.63) is 77.7 Å². The van der Waals surface area contributed by atoms with Gasteiger partial charge in [0.25, 0.3) is 0 Å². The first-order chi connectivity index (χ1) is 16.2. The van der Waals surface area contributed by atoms with Crippen LogP contribution in [0, 0.1) is 0 Å². The number of aromatic nitrogens is 2. The first-order valence-corrected chi connectivity index (χ1v) is 11.7. The molecule has 3 aromatic rings. The zero-order valence-corrected chi connectivity index (χ0v) is 22.4. The van der Waals surface area contributed by atoms with E-state index >= 15 is 0 Å². The minimum Gasteiger partial charge on any atom is -0.379 e. The van der Waals surface area contributed by atoms with Gasteiger partial charge in [-0.1, -0.05) is 54.6 Å². The van der Waals surface area contributed by atoms with Gasteiger partial charge in [0.2, 0.25) is 0 Å². The summed E-state index contributed by atoms with van der Waals surface area (Å²) < 4.78 is 5.49. The number of H-pyrrole nitrogens is 1. The molecule has 1 aliphatic heterocycles. The summed E-state index contributed by atoms with van der Waals surface area (Å²) >= 11 is 0. The maximum Gasteiger partial charge on any atom is 0.194 e. The molecule has 1 fully saturated rings. The van der Waals surface area contributed by atoms with Crippen LogP contribution in [0.15, 0.2) is 65.8 Å². The Bertz CT molecular complexity index is 1030. The number of hydrogen-bond donors (Lipinski definition) is 2. The van der Waals surface area contributed by atoms with Gasteiger partial charge in [-0.2, -0.15) is 0 Å². The molecular weight excluding hydrogens is 539 g/mol. The molecule has 4 rings (SSSR count). The van der Waals surface area contributed by atoms with Crippen molar-refractivity contribution >= 4 is 29.9 Å². The molecule has 0 saturated carbocycles. The van der Waals surface area contributed by atoms with Crippen LogP contribution in [0.1, 0.15) is 23.9 Å². The van der Waals surface area contributed by atoms with Crippen LogP contribution >= 0.6 is 24.0 Å². The number of hydrogen-bond acceptors (Lipinski definition) is 4. The van der Waals surface area contributed by atoms with Crippen LogP contribution < -0.4 is 5.32 Å². The van der Waals surface area contributed by atoms with Crippen molar-refractivity contribution in [2.75, 3.05) is 39.9 Å². The van der Waals surface area contributed by atoms with Crippen LogP contribution in [0.25, 0.3) is 11.3 Å². The Kier molecular flexibility index (Phi) is 10.4. The zero-order valence-electron chi connectivity index (χ0n) is 20.0. The van der Waals surface area contributed by atoms with E-state index in [1.807, 2.05) is 31.4 Å².